The maximum Gasteiger partial charge on any atom is 0.0642 e. The standard InChI is InChI=1S/C12H18N2O/c1-12(4-3-6-13-2)5-7-14-8-10-15-11-9-14/h3-7H,2,8-11H2,1H3/b6-3-,7-5+,12-4+. The van der Waals surface area contributed by atoms with Gasteiger partial charge in [-0.3, -0.25) is 4.99 Å². The van der Waals surface area contributed by atoms with Gasteiger partial charge in [0.15, 0.2) is 0 Å². The second-order valence-electron chi connectivity index (χ2n) is 3.40. The molecule has 0 aromatic heterocycles. The topological polar surface area (TPSA) is 24.8 Å². The highest BCUT2D eigenvalue weighted by Crippen LogP contribution is 2.01. The molecular formula is C12H18N2O. The Kier molecular flexibility index (Phi) is 5.48. The van der Waals surface area contributed by atoms with Crippen LogP contribution in [0.4, 0.5) is 0 Å². The van der Waals surface area contributed by atoms with Crippen molar-refractivity contribution in [1.82, 2.24) is 4.90 Å². The molecule has 0 amide bonds. The van der Waals surface area contributed by atoms with Crippen molar-refractivity contribution in [1.29, 1.82) is 0 Å². The Morgan fingerprint density at radius 2 is 2.13 bits per heavy atom. The molecule has 1 fully saturated rings. The van der Waals surface area contributed by atoms with Gasteiger partial charge in [0.2, 0.25) is 0 Å². The fraction of sp³-hybridized carbons (Fsp3) is 0.417. The van der Waals surface area contributed by atoms with Crippen LogP contribution in [0.1, 0.15) is 6.92 Å². The molecule has 0 bridgehead atoms. The van der Waals surface area contributed by atoms with E-state index in [0.29, 0.717) is 0 Å². The minimum absolute atomic E-state index is 0.827. The minimum atomic E-state index is 0.827. The summed E-state index contributed by atoms with van der Waals surface area (Å²) in [5.74, 6) is 0. The maximum atomic E-state index is 5.27. The summed E-state index contributed by atoms with van der Waals surface area (Å²) in [6.45, 7) is 9.04. The molecule has 0 N–H and O–H groups in total. The summed E-state index contributed by atoms with van der Waals surface area (Å²) in [6, 6.07) is 0. The highest BCUT2D eigenvalue weighted by molar-refractivity contribution is 5.27. The van der Waals surface area contributed by atoms with E-state index in [4.69, 9.17) is 4.74 Å². The number of hydrogen-bond donors (Lipinski definition) is 0. The minimum Gasteiger partial charge on any atom is -0.378 e. The maximum absolute atomic E-state index is 5.27. The van der Waals surface area contributed by atoms with E-state index in [9.17, 15) is 0 Å². The molecule has 0 aromatic rings. The van der Waals surface area contributed by atoms with Crippen LogP contribution in [-0.4, -0.2) is 37.9 Å². The Labute approximate surface area is 91.4 Å². The molecule has 0 atom stereocenters. The van der Waals surface area contributed by atoms with E-state index in [1.807, 2.05) is 12.2 Å². The summed E-state index contributed by atoms with van der Waals surface area (Å²) in [7, 11) is 0. The summed E-state index contributed by atoms with van der Waals surface area (Å²) >= 11 is 0. The molecule has 0 unspecified atom stereocenters. The predicted octanol–water partition coefficient (Wildman–Crippen LogP) is 1.99. The van der Waals surface area contributed by atoms with E-state index < -0.39 is 0 Å². The van der Waals surface area contributed by atoms with Crippen molar-refractivity contribution in [2.45, 2.75) is 6.92 Å². The molecule has 15 heavy (non-hydrogen) atoms. The summed E-state index contributed by atoms with van der Waals surface area (Å²) < 4.78 is 5.27. The number of hydrogen-bond acceptors (Lipinski definition) is 3. The second kappa shape index (κ2) is 7.01. The SMILES string of the molecule is C=N\C=C/C=C(C)/C=C/N1CCOCC1. The summed E-state index contributed by atoms with van der Waals surface area (Å²) in [6.07, 6.45) is 9.77. The predicted molar refractivity (Wildman–Crippen MR) is 64.0 cm³/mol. The third kappa shape index (κ3) is 5.18. The largest absolute Gasteiger partial charge is 0.378 e. The number of nitrogens with zero attached hydrogens (tertiary/aromatic N) is 2. The molecular weight excluding hydrogens is 188 g/mol. The monoisotopic (exact) mass is 206 g/mol. The normalized spacial score (nSPS) is 19.0. The van der Waals surface area contributed by atoms with Gasteiger partial charge < -0.3 is 9.64 Å². The molecule has 0 aliphatic carbocycles. The molecule has 0 aromatic carbocycles. The van der Waals surface area contributed by atoms with Crippen molar-refractivity contribution >= 4 is 6.72 Å². The van der Waals surface area contributed by atoms with E-state index in [-0.39, 0.29) is 0 Å². The van der Waals surface area contributed by atoms with Gasteiger partial charge in [-0.05, 0) is 37.6 Å². The molecule has 3 heteroatoms. The molecule has 1 heterocycles. The van der Waals surface area contributed by atoms with Gasteiger partial charge in [0.25, 0.3) is 0 Å². The zero-order valence-corrected chi connectivity index (χ0v) is 9.22. The van der Waals surface area contributed by atoms with Crippen molar-refractivity contribution in [3.8, 4) is 0 Å². The average molecular weight is 206 g/mol. The quantitative estimate of drug-likeness (QED) is 0.519. The van der Waals surface area contributed by atoms with E-state index in [0.717, 1.165) is 26.3 Å². The third-order valence-electron chi connectivity index (χ3n) is 2.14. The van der Waals surface area contributed by atoms with E-state index in [2.05, 4.69) is 35.8 Å². The Bertz CT molecular complexity index is 273. The van der Waals surface area contributed by atoms with Gasteiger partial charge in [-0.2, -0.15) is 0 Å². The summed E-state index contributed by atoms with van der Waals surface area (Å²) in [5, 5.41) is 0. The highest BCUT2D eigenvalue weighted by atomic mass is 16.5. The van der Waals surface area contributed by atoms with Gasteiger partial charge in [0.1, 0.15) is 0 Å². The molecule has 0 radical (unpaired) electrons. The summed E-state index contributed by atoms with van der Waals surface area (Å²) in [4.78, 5) is 5.89. The lowest BCUT2D eigenvalue weighted by Crippen LogP contribution is -2.31. The number of rotatable bonds is 4. The first kappa shape index (κ1) is 11.7. The van der Waals surface area contributed by atoms with Gasteiger partial charge in [-0.15, -0.1) is 0 Å². The van der Waals surface area contributed by atoms with Crippen molar-refractivity contribution in [3.05, 3.63) is 36.2 Å². The zero-order chi connectivity index (χ0) is 10.9. The van der Waals surface area contributed by atoms with Gasteiger partial charge in [-0.25, -0.2) is 0 Å². The number of aliphatic imine (C=N–C) groups is 1. The number of morpholine rings is 1. The third-order valence-corrected chi connectivity index (χ3v) is 2.14. The van der Waals surface area contributed by atoms with Crippen LogP contribution in [0.25, 0.3) is 0 Å². The van der Waals surface area contributed by atoms with Gasteiger partial charge in [0, 0.05) is 19.3 Å². The van der Waals surface area contributed by atoms with E-state index >= 15 is 0 Å². The molecule has 3 nitrogen and oxygen atoms in total. The lowest BCUT2D eigenvalue weighted by atomic mass is 10.2. The van der Waals surface area contributed by atoms with Gasteiger partial charge in [-0.1, -0.05) is 6.08 Å². The molecule has 0 spiro atoms. The summed E-state index contributed by atoms with van der Waals surface area (Å²) in [5.41, 5.74) is 1.20. The van der Waals surface area contributed by atoms with Crippen LogP contribution in [0.3, 0.4) is 0 Å². The molecule has 0 saturated carbocycles. The molecule has 1 aliphatic heterocycles. The van der Waals surface area contributed by atoms with Crippen molar-refractivity contribution in [2.24, 2.45) is 4.99 Å². The smallest absolute Gasteiger partial charge is 0.0642 e. The Morgan fingerprint density at radius 1 is 1.40 bits per heavy atom. The molecule has 82 valence electrons. The van der Waals surface area contributed by atoms with E-state index in [1.54, 1.807) is 6.20 Å². The Balaban J connectivity index is 2.37. The van der Waals surface area contributed by atoms with Gasteiger partial charge in [0.05, 0.1) is 13.2 Å². The zero-order valence-electron chi connectivity index (χ0n) is 9.22. The van der Waals surface area contributed by atoms with Gasteiger partial charge >= 0.3 is 0 Å². The van der Waals surface area contributed by atoms with Crippen LogP contribution in [-0.2, 0) is 4.74 Å². The van der Waals surface area contributed by atoms with Crippen LogP contribution in [0.2, 0.25) is 0 Å². The van der Waals surface area contributed by atoms with Crippen LogP contribution < -0.4 is 0 Å². The molecule has 1 rings (SSSR count). The van der Waals surface area contributed by atoms with Crippen LogP contribution >= 0.6 is 0 Å². The first-order valence-corrected chi connectivity index (χ1v) is 5.12. The van der Waals surface area contributed by atoms with Crippen molar-refractivity contribution in [2.75, 3.05) is 26.3 Å². The van der Waals surface area contributed by atoms with Crippen molar-refractivity contribution in [3.63, 3.8) is 0 Å². The van der Waals surface area contributed by atoms with Crippen LogP contribution in [0.5, 0.6) is 0 Å². The second-order valence-corrected chi connectivity index (χ2v) is 3.40. The van der Waals surface area contributed by atoms with Crippen molar-refractivity contribution < 1.29 is 4.74 Å². The van der Waals surface area contributed by atoms with Crippen LogP contribution in [0, 0.1) is 0 Å². The van der Waals surface area contributed by atoms with Crippen LogP contribution in [0.15, 0.2) is 41.2 Å². The average Bonchev–Trinajstić information content (AvgIpc) is 2.28. The Hall–Kier alpha value is -1.35. The van der Waals surface area contributed by atoms with E-state index in [1.165, 1.54) is 5.57 Å². The lowest BCUT2D eigenvalue weighted by molar-refractivity contribution is 0.0594. The fourth-order valence-electron chi connectivity index (χ4n) is 1.26. The molecule has 1 aliphatic rings. The number of allylic oxidation sites excluding steroid dienone is 4. The first-order valence-electron chi connectivity index (χ1n) is 5.12. The molecule has 1 saturated heterocycles. The first-order chi connectivity index (χ1) is 7.33. The highest BCUT2D eigenvalue weighted by Gasteiger charge is 2.04. The lowest BCUT2D eigenvalue weighted by Gasteiger charge is -2.24. The number of ether oxygens (including phenoxy) is 1. The fourth-order valence-corrected chi connectivity index (χ4v) is 1.26. The Morgan fingerprint density at radius 3 is 2.80 bits per heavy atom.